The molecule has 1 unspecified atom stereocenters. The lowest BCUT2D eigenvalue weighted by Gasteiger charge is -2.14. The first-order chi connectivity index (χ1) is 8.20. The van der Waals surface area contributed by atoms with Gasteiger partial charge in [0.05, 0.1) is 17.1 Å². The zero-order valence-electron chi connectivity index (χ0n) is 9.39. The third-order valence-corrected chi connectivity index (χ3v) is 4.13. The van der Waals surface area contributed by atoms with Gasteiger partial charge in [-0.25, -0.2) is 0 Å². The van der Waals surface area contributed by atoms with Crippen LogP contribution >= 0.6 is 27.3 Å². The van der Waals surface area contributed by atoms with Gasteiger partial charge in [0, 0.05) is 29.1 Å². The maximum Gasteiger partial charge on any atom is 0.141 e. The van der Waals surface area contributed by atoms with E-state index in [-0.39, 0.29) is 6.04 Å². The molecule has 0 aliphatic heterocycles. The molecule has 0 aromatic carbocycles. The molecule has 0 amide bonds. The molecule has 90 valence electrons. The van der Waals surface area contributed by atoms with Crippen molar-refractivity contribution in [1.82, 2.24) is 4.98 Å². The Morgan fingerprint density at radius 2 is 2.29 bits per heavy atom. The number of methoxy groups -OCH3 is 1. The molecule has 2 rings (SSSR count). The summed E-state index contributed by atoms with van der Waals surface area (Å²) in [7, 11) is 1.63. The Morgan fingerprint density at radius 3 is 2.94 bits per heavy atom. The third kappa shape index (κ3) is 3.06. The predicted octanol–water partition coefficient (Wildman–Crippen LogP) is 3.16. The average Bonchev–Trinajstić information content (AvgIpc) is 2.74. The van der Waals surface area contributed by atoms with E-state index in [9.17, 15) is 0 Å². The van der Waals surface area contributed by atoms with Crippen LogP contribution in [0.15, 0.2) is 34.4 Å². The standard InChI is InChI=1S/C12H13BrN2OS/c1-16-11-7-15-5-4-9(11)10(14)6-8-2-3-12(13)17-8/h2-5,7,10H,6,14H2,1H3. The smallest absolute Gasteiger partial charge is 0.141 e. The number of hydrogen-bond donors (Lipinski definition) is 1. The van der Waals surface area contributed by atoms with Gasteiger partial charge in [-0.2, -0.15) is 0 Å². The largest absolute Gasteiger partial charge is 0.495 e. The Balaban J connectivity index is 2.16. The maximum atomic E-state index is 6.20. The maximum absolute atomic E-state index is 6.20. The minimum atomic E-state index is -0.0708. The molecule has 0 aliphatic carbocycles. The molecule has 0 saturated carbocycles. The summed E-state index contributed by atoms with van der Waals surface area (Å²) in [5.41, 5.74) is 7.19. The number of ether oxygens (including phenoxy) is 1. The summed E-state index contributed by atoms with van der Waals surface area (Å²) in [5.74, 6) is 0.746. The molecule has 0 spiro atoms. The average molecular weight is 313 g/mol. The Kier molecular flexibility index (Phi) is 4.15. The van der Waals surface area contributed by atoms with E-state index in [1.54, 1.807) is 30.8 Å². The zero-order chi connectivity index (χ0) is 12.3. The van der Waals surface area contributed by atoms with Gasteiger partial charge in [-0.3, -0.25) is 4.98 Å². The topological polar surface area (TPSA) is 48.1 Å². The third-order valence-electron chi connectivity index (χ3n) is 2.49. The van der Waals surface area contributed by atoms with Gasteiger partial charge in [0.15, 0.2) is 0 Å². The molecule has 1 atom stereocenters. The SMILES string of the molecule is COc1cnccc1C(N)Cc1ccc(Br)s1. The summed E-state index contributed by atoms with van der Waals surface area (Å²) in [5, 5.41) is 0. The normalized spacial score (nSPS) is 12.4. The first-order valence-corrected chi connectivity index (χ1v) is 6.79. The summed E-state index contributed by atoms with van der Waals surface area (Å²) in [4.78, 5) is 5.28. The number of thiophene rings is 1. The lowest BCUT2D eigenvalue weighted by Crippen LogP contribution is -2.14. The van der Waals surface area contributed by atoms with E-state index in [1.807, 2.05) is 12.1 Å². The Morgan fingerprint density at radius 1 is 1.47 bits per heavy atom. The summed E-state index contributed by atoms with van der Waals surface area (Å²) in [6.45, 7) is 0. The second kappa shape index (κ2) is 5.62. The van der Waals surface area contributed by atoms with Crippen LogP contribution in [0.1, 0.15) is 16.5 Å². The van der Waals surface area contributed by atoms with Crippen molar-refractivity contribution >= 4 is 27.3 Å². The van der Waals surface area contributed by atoms with Crippen molar-refractivity contribution < 1.29 is 4.74 Å². The highest BCUT2D eigenvalue weighted by Crippen LogP contribution is 2.29. The zero-order valence-corrected chi connectivity index (χ0v) is 11.8. The second-order valence-corrected chi connectivity index (χ2v) is 6.18. The summed E-state index contributed by atoms with van der Waals surface area (Å²) in [6.07, 6.45) is 4.23. The quantitative estimate of drug-likeness (QED) is 0.943. The van der Waals surface area contributed by atoms with Crippen molar-refractivity contribution in [1.29, 1.82) is 0 Å². The van der Waals surface area contributed by atoms with Crippen LogP contribution in [0.3, 0.4) is 0 Å². The molecular formula is C12H13BrN2OS. The van der Waals surface area contributed by atoms with Crippen LogP contribution in [0.25, 0.3) is 0 Å². The van der Waals surface area contributed by atoms with Gasteiger partial charge in [-0.15, -0.1) is 11.3 Å². The van der Waals surface area contributed by atoms with Gasteiger partial charge in [-0.05, 0) is 34.1 Å². The first-order valence-electron chi connectivity index (χ1n) is 5.18. The summed E-state index contributed by atoms with van der Waals surface area (Å²) >= 11 is 5.15. The fourth-order valence-corrected chi connectivity index (χ4v) is 3.20. The van der Waals surface area contributed by atoms with Crippen molar-refractivity contribution in [2.75, 3.05) is 7.11 Å². The molecule has 17 heavy (non-hydrogen) atoms. The van der Waals surface area contributed by atoms with Gasteiger partial charge in [0.2, 0.25) is 0 Å². The Labute approximate surface area is 113 Å². The summed E-state index contributed by atoms with van der Waals surface area (Å²) in [6, 6.07) is 5.96. The highest BCUT2D eigenvalue weighted by atomic mass is 79.9. The molecule has 0 saturated heterocycles. The lowest BCUT2D eigenvalue weighted by atomic mass is 10.0. The van der Waals surface area contributed by atoms with Crippen LogP contribution in [0.2, 0.25) is 0 Å². The van der Waals surface area contributed by atoms with Gasteiger partial charge >= 0.3 is 0 Å². The fourth-order valence-electron chi connectivity index (χ4n) is 1.66. The van der Waals surface area contributed by atoms with E-state index in [0.29, 0.717) is 0 Å². The van der Waals surface area contributed by atoms with Crippen LogP contribution in [0, 0.1) is 0 Å². The number of pyridine rings is 1. The number of halogens is 1. The minimum Gasteiger partial charge on any atom is -0.495 e. The van der Waals surface area contributed by atoms with Crippen LogP contribution in [-0.4, -0.2) is 12.1 Å². The van der Waals surface area contributed by atoms with Crippen LogP contribution < -0.4 is 10.5 Å². The van der Waals surface area contributed by atoms with Gasteiger partial charge in [0.1, 0.15) is 5.75 Å². The molecule has 2 aromatic heterocycles. The van der Waals surface area contributed by atoms with Crippen molar-refractivity contribution in [2.45, 2.75) is 12.5 Å². The van der Waals surface area contributed by atoms with Crippen molar-refractivity contribution in [2.24, 2.45) is 5.73 Å². The number of nitrogens with zero attached hydrogens (tertiary/aromatic N) is 1. The van der Waals surface area contributed by atoms with Crippen molar-refractivity contribution in [3.05, 3.63) is 44.8 Å². The molecule has 0 aliphatic rings. The number of hydrogen-bond acceptors (Lipinski definition) is 4. The molecule has 0 radical (unpaired) electrons. The lowest BCUT2D eigenvalue weighted by molar-refractivity contribution is 0.403. The van der Waals surface area contributed by atoms with E-state index in [2.05, 4.69) is 27.0 Å². The minimum absolute atomic E-state index is 0.0708. The molecule has 0 bridgehead atoms. The number of nitrogens with two attached hydrogens (primary N) is 1. The van der Waals surface area contributed by atoms with Gasteiger partial charge in [0.25, 0.3) is 0 Å². The summed E-state index contributed by atoms with van der Waals surface area (Å²) < 4.78 is 6.39. The Bertz CT molecular complexity index is 501. The van der Waals surface area contributed by atoms with E-state index in [1.165, 1.54) is 4.88 Å². The molecule has 2 heterocycles. The monoisotopic (exact) mass is 312 g/mol. The highest BCUT2D eigenvalue weighted by molar-refractivity contribution is 9.11. The van der Waals surface area contributed by atoms with Crippen molar-refractivity contribution in [3.63, 3.8) is 0 Å². The highest BCUT2D eigenvalue weighted by Gasteiger charge is 2.13. The van der Waals surface area contributed by atoms with Crippen LogP contribution in [-0.2, 0) is 6.42 Å². The first kappa shape index (κ1) is 12.5. The van der Waals surface area contributed by atoms with E-state index in [4.69, 9.17) is 10.5 Å². The van der Waals surface area contributed by atoms with Gasteiger partial charge < -0.3 is 10.5 Å². The second-order valence-electron chi connectivity index (χ2n) is 3.63. The molecular weight excluding hydrogens is 300 g/mol. The van der Waals surface area contributed by atoms with E-state index < -0.39 is 0 Å². The number of aromatic nitrogens is 1. The molecule has 3 nitrogen and oxygen atoms in total. The predicted molar refractivity (Wildman–Crippen MR) is 73.4 cm³/mol. The van der Waals surface area contributed by atoms with E-state index >= 15 is 0 Å². The fraction of sp³-hybridized carbons (Fsp3) is 0.250. The molecule has 2 N–H and O–H groups in total. The number of rotatable bonds is 4. The van der Waals surface area contributed by atoms with Gasteiger partial charge in [-0.1, -0.05) is 0 Å². The van der Waals surface area contributed by atoms with Crippen LogP contribution in [0.5, 0.6) is 5.75 Å². The Hall–Kier alpha value is -0.910. The molecule has 0 fully saturated rings. The van der Waals surface area contributed by atoms with E-state index in [0.717, 1.165) is 21.5 Å². The van der Waals surface area contributed by atoms with Crippen molar-refractivity contribution in [3.8, 4) is 5.75 Å². The van der Waals surface area contributed by atoms with Crippen LogP contribution in [0.4, 0.5) is 0 Å². The molecule has 5 heteroatoms. The molecule has 2 aromatic rings.